The third kappa shape index (κ3) is 4.14. The summed E-state index contributed by atoms with van der Waals surface area (Å²) < 4.78 is 11.4. The minimum atomic E-state index is -0.449. The molecule has 0 saturated heterocycles. The Morgan fingerprint density at radius 1 is 1.22 bits per heavy atom. The van der Waals surface area contributed by atoms with Crippen molar-refractivity contribution >= 4 is 44.9 Å². The second kappa shape index (κ2) is 8.54. The van der Waals surface area contributed by atoms with Crippen LogP contribution in [0.5, 0.6) is 5.75 Å². The van der Waals surface area contributed by atoms with E-state index in [4.69, 9.17) is 21.7 Å². The summed E-state index contributed by atoms with van der Waals surface area (Å²) >= 11 is 8.90. The fraction of sp³-hybridized carbons (Fsp3) is 0.200. The number of nitrogens with one attached hydrogen (secondary N) is 2. The predicted molar refractivity (Wildman–Crippen MR) is 112 cm³/mol. The average molecular weight is 447 g/mol. The standard InChI is InChI=1S/C20H19BrN2O3S/c1-3-26-19(24)16-17(12-7-5-4-6-8-12)22-20(27)23-18(16)13-9-10-15(25-2)14(21)11-13/h4-11,18H,3H2,1-2H3,(H2,22,23,27)/t18-/m0/s1. The van der Waals surface area contributed by atoms with Crippen LogP contribution in [0.3, 0.4) is 0 Å². The van der Waals surface area contributed by atoms with Gasteiger partial charge in [0.05, 0.1) is 35.5 Å². The van der Waals surface area contributed by atoms with Gasteiger partial charge in [0.15, 0.2) is 5.11 Å². The molecule has 2 aromatic rings. The molecule has 2 N–H and O–H groups in total. The first-order valence-corrected chi connectivity index (χ1v) is 9.63. The number of esters is 1. The normalized spacial score (nSPS) is 16.4. The van der Waals surface area contributed by atoms with Crippen LogP contribution in [-0.4, -0.2) is 24.8 Å². The number of carbonyl (C=O) groups is 1. The van der Waals surface area contributed by atoms with E-state index >= 15 is 0 Å². The van der Waals surface area contributed by atoms with Gasteiger partial charge < -0.3 is 20.1 Å². The van der Waals surface area contributed by atoms with Crippen LogP contribution in [0.1, 0.15) is 24.1 Å². The Bertz CT molecular complexity index is 899. The Kier molecular flexibility index (Phi) is 6.13. The van der Waals surface area contributed by atoms with Crippen molar-refractivity contribution < 1.29 is 14.3 Å². The molecular weight excluding hydrogens is 428 g/mol. The zero-order valence-corrected chi connectivity index (χ0v) is 17.3. The minimum Gasteiger partial charge on any atom is -0.496 e. The number of benzene rings is 2. The van der Waals surface area contributed by atoms with Gasteiger partial charge in [-0.15, -0.1) is 0 Å². The SMILES string of the molecule is CCOC(=O)C1=C(c2ccccc2)NC(=S)N[C@H]1c1ccc(OC)c(Br)c1. The van der Waals surface area contributed by atoms with E-state index in [-0.39, 0.29) is 6.61 Å². The highest BCUT2D eigenvalue weighted by Gasteiger charge is 2.33. The molecule has 140 valence electrons. The van der Waals surface area contributed by atoms with E-state index < -0.39 is 12.0 Å². The van der Waals surface area contributed by atoms with E-state index in [2.05, 4.69) is 26.6 Å². The van der Waals surface area contributed by atoms with Crippen LogP contribution in [-0.2, 0) is 9.53 Å². The summed E-state index contributed by atoms with van der Waals surface area (Å²) in [6.45, 7) is 2.07. The van der Waals surface area contributed by atoms with Gasteiger partial charge >= 0.3 is 5.97 Å². The molecule has 5 nitrogen and oxygen atoms in total. The summed E-state index contributed by atoms with van der Waals surface area (Å²) in [5.41, 5.74) is 2.86. The predicted octanol–water partition coefficient (Wildman–Crippen LogP) is 3.95. The molecule has 1 aliphatic rings. The smallest absolute Gasteiger partial charge is 0.338 e. The Hall–Kier alpha value is -2.38. The summed E-state index contributed by atoms with van der Waals surface area (Å²) in [5, 5.41) is 6.75. The number of hydrogen-bond donors (Lipinski definition) is 2. The monoisotopic (exact) mass is 446 g/mol. The van der Waals surface area contributed by atoms with Crippen molar-refractivity contribution in [2.45, 2.75) is 13.0 Å². The average Bonchev–Trinajstić information content (AvgIpc) is 2.68. The minimum absolute atomic E-state index is 0.286. The highest BCUT2D eigenvalue weighted by molar-refractivity contribution is 9.10. The molecule has 0 bridgehead atoms. The lowest BCUT2D eigenvalue weighted by Gasteiger charge is -2.31. The second-order valence-corrected chi connectivity index (χ2v) is 7.06. The van der Waals surface area contributed by atoms with Gasteiger partial charge in [-0.05, 0) is 58.3 Å². The summed E-state index contributed by atoms with van der Waals surface area (Å²) in [4.78, 5) is 12.8. The maximum Gasteiger partial charge on any atom is 0.338 e. The first-order valence-electron chi connectivity index (χ1n) is 8.42. The van der Waals surface area contributed by atoms with E-state index in [0.29, 0.717) is 22.1 Å². The topological polar surface area (TPSA) is 59.6 Å². The summed E-state index contributed by atoms with van der Waals surface area (Å²) in [6.07, 6.45) is 0. The molecule has 0 spiro atoms. The molecule has 3 rings (SSSR count). The zero-order chi connectivity index (χ0) is 19.4. The quantitative estimate of drug-likeness (QED) is 0.535. The molecule has 0 fully saturated rings. The van der Waals surface area contributed by atoms with Crippen molar-refractivity contribution in [2.75, 3.05) is 13.7 Å². The van der Waals surface area contributed by atoms with Crippen molar-refractivity contribution in [3.05, 3.63) is 69.7 Å². The van der Waals surface area contributed by atoms with E-state index in [1.807, 2.05) is 48.5 Å². The van der Waals surface area contributed by atoms with Gasteiger partial charge in [0, 0.05) is 0 Å². The first-order chi connectivity index (χ1) is 13.0. The van der Waals surface area contributed by atoms with Gasteiger partial charge in [-0.3, -0.25) is 0 Å². The molecule has 2 aromatic carbocycles. The van der Waals surface area contributed by atoms with Gasteiger partial charge in [0.25, 0.3) is 0 Å². The van der Waals surface area contributed by atoms with Crippen LogP contribution in [0.4, 0.5) is 0 Å². The fourth-order valence-electron chi connectivity index (χ4n) is 2.94. The lowest BCUT2D eigenvalue weighted by Crippen LogP contribution is -2.45. The van der Waals surface area contributed by atoms with E-state index in [1.165, 1.54) is 0 Å². The lowest BCUT2D eigenvalue weighted by molar-refractivity contribution is -0.138. The molecule has 1 atom stereocenters. The number of halogens is 1. The number of methoxy groups -OCH3 is 1. The molecule has 27 heavy (non-hydrogen) atoms. The number of rotatable bonds is 5. The van der Waals surface area contributed by atoms with Gasteiger partial charge in [0.1, 0.15) is 5.75 Å². The molecule has 0 aromatic heterocycles. The van der Waals surface area contributed by atoms with Crippen LogP contribution in [0.25, 0.3) is 5.70 Å². The second-order valence-electron chi connectivity index (χ2n) is 5.80. The molecule has 7 heteroatoms. The van der Waals surface area contributed by atoms with Crippen molar-refractivity contribution in [3.63, 3.8) is 0 Å². The van der Waals surface area contributed by atoms with E-state index in [0.717, 1.165) is 15.6 Å². The third-order valence-electron chi connectivity index (χ3n) is 4.14. The van der Waals surface area contributed by atoms with Crippen LogP contribution in [0.2, 0.25) is 0 Å². The number of ether oxygens (including phenoxy) is 2. The molecule has 1 aliphatic heterocycles. The van der Waals surface area contributed by atoms with Crippen molar-refractivity contribution in [1.82, 2.24) is 10.6 Å². The molecule has 0 unspecified atom stereocenters. The van der Waals surface area contributed by atoms with Crippen molar-refractivity contribution in [3.8, 4) is 5.75 Å². The molecule has 0 aliphatic carbocycles. The van der Waals surface area contributed by atoms with Gasteiger partial charge in [-0.25, -0.2) is 4.79 Å². The van der Waals surface area contributed by atoms with Crippen LogP contribution in [0, 0.1) is 0 Å². The molecule has 0 amide bonds. The summed E-state index contributed by atoms with van der Waals surface area (Å²) in [5.74, 6) is 0.316. The number of carbonyl (C=O) groups excluding carboxylic acids is 1. The van der Waals surface area contributed by atoms with Gasteiger partial charge in [0.2, 0.25) is 0 Å². The maximum absolute atomic E-state index is 12.8. The Balaban J connectivity index is 2.16. The van der Waals surface area contributed by atoms with Crippen LogP contribution in [0.15, 0.2) is 58.6 Å². The first kappa shape index (κ1) is 19.4. The van der Waals surface area contributed by atoms with Crippen LogP contribution >= 0.6 is 28.1 Å². The molecule has 0 radical (unpaired) electrons. The van der Waals surface area contributed by atoms with E-state index in [1.54, 1.807) is 14.0 Å². The Morgan fingerprint density at radius 3 is 2.59 bits per heavy atom. The Morgan fingerprint density at radius 2 is 1.96 bits per heavy atom. The van der Waals surface area contributed by atoms with Gasteiger partial charge in [-0.2, -0.15) is 0 Å². The van der Waals surface area contributed by atoms with Gasteiger partial charge in [-0.1, -0.05) is 36.4 Å². The largest absolute Gasteiger partial charge is 0.496 e. The zero-order valence-electron chi connectivity index (χ0n) is 14.9. The van der Waals surface area contributed by atoms with Crippen LogP contribution < -0.4 is 15.4 Å². The van der Waals surface area contributed by atoms with E-state index in [9.17, 15) is 4.79 Å². The maximum atomic E-state index is 12.8. The fourth-order valence-corrected chi connectivity index (χ4v) is 3.72. The highest BCUT2D eigenvalue weighted by Crippen LogP contribution is 2.35. The number of thiocarbonyl (C=S) groups is 1. The number of hydrogen-bond acceptors (Lipinski definition) is 4. The third-order valence-corrected chi connectivity index (χ3v) is 4.98. The summed E-state index contributed by atoms with van der Waals surface area (Å²) in [6, 6.07) is 14.8. The molecule has 1 heterocycles. The molecule has 0 saturated carbocycles. The summed E-state index contributed by atoms with van der Waals surface area (Å²) in [7, 11) is 1.61. The highest BCUT2D eigenvalue weighted by atomic mass is 79.9. The molecular formula is C20H19BrN2O3S. The van der Waals surface area contributed by atoms with Crippen molar-refractivity contribution in [2.24, 2.45) is 0 Å². The van der Waals surface area contributed by atoms with Crippen molar-refractivity contribution in [1.29, 1.82) is 0 Å². The lowest BCUT2D eigenvalue weighted by atomic mass is 9.93. The Labute approximate surface area is 171 Å².